The van der Waals surface area contributed by atoms with E-state index in [1.54, 1.807) is 18.2 Å². The number of hydrogen-bond acceptors (Lipinski definition) is 4. The first kappa shape index (κ1) is 18.6. The predicted octanol–water partition coefficient (Wildman–Crippen LogP) is 4.88. The smallest absolute Gasteiger partial charge is 0.339 e. The van der Waals surface area contributed by atoms with Gasteiger partial charge in [-0.15, -0.1) is 0 Å². The highest BCUT2D eigenvalue weighted by Gasteiger charge is 2.32. The van der Waals surface area contributed by atoms with Gasteiger partial charge in [-0.05, 0) is 31.2 Å². The summed E-state index contributed by atoms with van der Waals surface area (Å²) in [7, 11) is 0. The largest absolute Gasteiger partial charge is 0.416 e. The fraction of sp³-hybridized carbons (Fsp3) is 0.300. The molecule has 8 heteroatoms. The highest BCUT2D eigenvalue weighted by molar-refractivity contribution is 5.55. The van der Waals surface area contributed by atoms with Gasteiger partial charge in [0.05, 0.1) is 11.5 Å². The Balaban J connectivity index is 1.46. The topological polar surface area (TPSA) is 42.2 Å². The first-order chi connectivity index (χ1) is 13.4. The fourth-order valence-electron chi connectivity index (χ4n) is 3.40. The summed E-state index contributed by atoms with van der Waals surface area (Å²) in [6.07, 6.45) is -3.67. The Kier molecular flexibility index (Phi) is 4.89. The lowest BCUT2D eigenvalue weighted by Gasteiger charge is -2.15. The van der Waals surface area contributed by atoms with Gasteiger partial charge >= 0.3 is 6.18 Å². The van der Waals surface area contributed by atoms with Crippen molar-refractivity contribution in [1.82, 2.24) is 15.0 Å². The van der Waals surface area contributed by atoms with Gasteiger partial charge in [0.15, 0.2) is 0 Å². The van der Waals surface area contributed by atoms with E-state index in [4.69, 9.17) is 4.52 Å². The Bertz CT molecular complexity index is 970. The van der Waals surface area contributed by atoms with Crippen LogP contribution in [-0.4, -0.2) is 28.1 Å². The predicted molar refractivity (Wildman–Crippen MR) is 93.8 cm³/mol. The van der Waals surface area contributed by atoms with E-state index in [0.717, 1.165) is 25.1 Å². The van der Waals surface area contributed by atoms with Crippen molar-refractivity contribution in [3.63, 3.8) is 0 Å². The molecule has 0 bridgehead atoms. The summed E-state index contributed by atoms with van der Waals surface area (Å²) >= 11 is 0. The Hall–Kier alpha value is -2.74. The normalized spacial score (nSPS) is 17.9. The van der Waals surface area contributed by atoms with Gasteiger partial charge in [0, 0.05) is 24.2 Å². The highest BCUT2D eigenvalue weighted by Crippen LogP contribution is 2.33. The van der Waals surface area contributed by atoms with Crippen LogP contribution in [0.4, 0.5) is 17.6 Å². The molecule has 4 rings (SSSR count). The third-order valence-electron chi connectivity index (χ3n) is 4.86. The second-order valence-corrected chi connectivity index (χ2v) is 6.85. The molecule has 1 aliphatic rings. The van der Waals surface area contributed by atoms with Crippen LogP contribution in [0.3, 0.4) is 0 Å². The maximum Gasteiger partial charge on any atom is 0.416 e. The molecule has 3 aromatic rings. The molecule has 0 radical (unpaired) electrons. The number of nitrogens with zero attached hydrogens (tertiary/aromatic N) is 3. The highest BCUT2D eigenvalue weighted by atomic mass is 19.4. The standard InChI is InChI=1S/C20H17F4N3O/c21-17-7-2-1-4-14(17)11-27-9-8-15(12-27)19-25-18(26-28-19)13-5-3-6-16(10-13)20(22,23)24/h1-7,10,15H,8-9,11-12H2/t15-/m0/s1. The van der Waals surface area contributed by atoms with Crippen LogP contribution in [-0.2, 0) is 12.7 Å². The van der Waals surface area contributed by atoms with Gasteiger partial charge < -0.3 is 4.52 Å². The summed E-state index contributed by atoms with van der Waals surface area (Å²) < 4.78 is 57.8. The van der Waals surface area contributed by atoms with Gasteiger partial charge in [0.2, 0.25) is 11.7 Å². The van der Waals surface area contributed by atoms with E-state index in [1.165, 1.54) is 18.2 Å². The Morgan fingerprint density at radius 2 is 1.93 bits per heavy atom. The van der Waals surface area contributed by atoms with Gasteiger partial charge in [0.25, 0.3) is 0 Å². The van der Waals surface area contributed by atoms with E-state index < -0.39 is 11.7 Å². The molecule has 0 aliphatic carbocycles. The maximum atomic E-state index is 13.8. The summed E-state index contributed by atoms with van der Waals surface area (Å²) in [5.74, 6) is 0.256. The number of benzene rings is 2. The Morgan fingerprint density at radius 3 is 2.71 bits per heavy atom. The number of aromatic nitrogens is 2. The molecule has 0 unspecified atom stereocenters. The van der Waals surface area contributed by atoms with Gasteiger partial charge in [-0.2, -0.15) is 18.2 Å². The molecule has 1 saturated heterocycles. The van der Waals surface area contributed by atoms with Crippen molar-refractivity contribution in [2.24, 2.45) is 0 Å². The molecule has 1 aliphatic heterocycles. The molecule has 1 fully saturated rings. The molecular formula is C20H17F4N3O. The van der Waals surface area contributed by atoms with Crippen LogP contribution in [0.15, 0.2) is 53.1 Å². The van der Waals surface area contributed by atoms with Crippen LogP contribution in [0.1, 0.15) is 29.4 Å². The summed E-state index contributed by atoms with van der Waals surface area (Å²) in [5, 5.41) is 3.85. The van der Waals surface area contributed by atoms with E-state index in [9.17, 15) is 17.6 Å². The molecule has 2 heterocycles. The molecule has 0 N–H and O–H groups in total. The molecular weight excluding hydrogens is 374 g/mol. The quantitative estimate of drug-likeness (QED) is 0.595. The van der Waals surface area contributed by atoms with E-state index in [1.807, 2.05) is 0 Å². The second-order valence-electron chi connectivity index (χ2n) is 6.85. The van der Waals surface area contributed by atoms with Crippen molar-refractivity contribution in [3.05, 3.63) is 71.4 Å². The minimum Gasteiger partial charge on any atom is -0.339 e. The molecule has 0 amide bonds. The maximum absolute atomic E-state index is 13.8. The van der Waals surface area contributed by atoms with Gasteiger partial charge in [-0.3, -0.25) is 4.90 Å². The van der Waals surface area contributed by atoms with E-state index in [-0.39, 0.29) is 23.1 Å². The lowest BCUT2D eigenvalue weighted by molar-refractivity contribution is -0.137. The zero-order valence-corrected chi connectivity index (χ0v) is 14.8. The summed E-state index contributed by atoms with van der Waals surface area (Å²) in [4.78, 5) is 6.39. The monoisotopic (exact) mass is 391 g/mol. The van der Waals surface area contributed by atoms with Crippen molar-refractivity contribution in [3.8, 4) is 11.4 Å². The zero-order valence-electron chi connectivity index (χ0n) is 14.8. The first-order valence-electron chi connectivity index (χ1n) is 8.87. The average Bonchev–Trinajstić information content (AvgIpc) is 3.32. The van der Waals surface area contributed by atoms with Gasteiger partial charge in [-0.1, -0.05) is 35.5 Å². The number of halogens is 4. The van der Waals surface area contributed by atoms with E-state index >= 15 is 0 Å². The number of likely N-dealkylation sites (tertiary alicyclic amines) is 1. The average molecular weight is 391 g/mol. The van der Waals surface area contributed by atoms with E-state index in [2.05, 4.69) is 15.0 Å². The molecule has 0 spiro atoms. The third-order valence-corrected chi connectivity index (χ3v) is 4.86. The third kappa shape index (κ3) is 3.91. The summed E-state index contributed by atoms with van der Waals surface area (Å²) in [6, 6.07) is 11.5. The molecule has 4 nitrogen and oxygen atoms in total. The number of rotatable bonds is 4. The molecule has 28 heavy (non-hydrogen) atoms. The molecule has 1 aromatic heterocycles. The van der Waals surface area contributed by atoms with Crippen molar-refractivity contribution >= 4 is 0 Å². The molecule has 146 valence electrons. The Labute approximate surface area is 158 Å². The van der Waals surface area contributed by atoms with Crippen LogP contribution < -0.4 is 0 Å². The van der Waals surface area contributed by atoms with Gasteiger partial charge in [-0.25, -0.2) is 4.39 Å². The zero-order chi connectivity index (χ0) is 19.7. The van der Waals surface area contributed by atoms with E-state index in [0.29, 0.717) is 24.5 Å². The first-order valence-corrected chi connectivity index (χ1v) is 8.87. The van der Waals surface area contributed by atoms with Crippen LogP contribution in [0.25, 0.3) is 11.4 Å². The fourth-order valence-corrected chi connectivity index (χ4v) is 3.40. The minimum absolute atomic E-state index is 0.0289. The molecule has 1 atom stereocenters. The van der Waals surface area contributed by atoms with Crippen molar-refractivity contribution in [2.75, 3.05) is 13.1 Å². The molecule has 2 aromatic carbocycles. The van der Waals surface area contributed by atoms with Crippen molar-refractivity contribution < 1.29 is 22.1 Å². The van der Waals surface area contributed by atoms with Crippen LogP contribution in [0.5, 0.6) is 0 Å². The number of hydrogen-bond donors (Lipinski definition) is 0. The SMILES string of the molecule is Fc1ccccc1CN1CC[C@H](c2nc(-c3cccc(C(F)(F)F)c3)no2)C1. The Morgan fingerprint density at radius 1 is 1.11 bits per heavy atom. The van der Waals surface area contributed by atoms with Gasteiger partial charge in [0.1, 0.15) is 5.82 Å². The molecule has 0 saturated carbocycles. The number of alkyl halides is 3. The lowest BCUT2D eigenvalue weighted by atomic mass is 10.1. The van der Waals surface area contributed by atoms with Crippen LogP contribution in [0.2, 0.25) is 0 Å². The second kappa shape index (κ2) is 7.35. The minimum atomic E-state index is -4.43. The van der Waals surface area contributed by atoms with Crippen molar-refractivity contribution in [2.45, 2.75) is 25.1 Å². The summed E-state index contributed by atoms with van der Waals surface area (Å²) in [5.41, 5.74) is 0.123. The van der Waals surface area contributed by atoms with Crippen LogP contribution >= 0.6 is 0 Å². The summed E-state index contributed by atoms with van der Waals surface area (Å²) in [6.45, 7) is 1.86. The lowest BCUT2D eigenvalue weighted by Crippen LogP contribution is -2.20. The van der Waals surface area contributed by atoms with Crippen LogP contribution in [0, 0.1) is 5.82 Å². The van der Waals surface area contributed by atoms with Crippen molar-refractivity contribution in [1.29, 1.82) is 0 Å².